The van der Waals surface area contributed by atoms with Gasteiger partial charge in [0.05, 0.1) is 19.1 Å². The maximum absolute atomic E-state index is 11.7. The largest absolute Gasteiger partial charge is 0.469 e. The van der Waals surface area contributed by atoms with Gasteiger partial charge in [0.2, 0.25) is 0 Å². The normalized spacial score (nSPS) is 38.9. The lowest BCUT2D eigenvalue weighted by atomic mass is 9.35. The van der Waals surface area contributed by atoms with Crippen LogP contribution in [0.1, 0.15) is 19.3 Å². The number of rotatable bonds is 4. The number of alkyl halides is 2. The number of esters is 1. The summed E-state index contributed by atoms with van der Waals surface area (Å²) < 4.78 is 32.4. The minimum absolute atomic E-state index is 0.0589. The lowest BCUT2D eigenvalue weighted by Gasteiger charge is -2.68. The van der Waals surface area contributed by atoms with Gasteiger partial charge < -0.3 is 9.47 Å². The minimum atomic E-state index is -2.71. The molecule has 3 aliphatic rings. The van der Waals surface area contributed by atoms with Gasteiger partial charge in [0.1, 0.15) is 0 Å². The molecule has 3 saturated carbocycles. The molecule has 2 bridgehead atoms. The molecule has 0 spiro atoms. The van der Waals surface area contributed by atoms with Crippen molar-refractivity contribution in [3.63, 3.8) is 0 Å². The Morgan fingerprint density at radius 2 is 2.00 bits per heavy atom. The summed E-state index contributed by atoms with van der Waals surface area (Å²) in [7, 11) is 1.35. The van der Waals surface area contributed by atoms with E-state index in [4.69, 9.17) is 0 Å². The molecule has 0 unspecified atom stereocenters. The van der Waals surface area contributed by atoms with E-state index in [2.05, 4.69) is 9.47 Å². The zero-order valence-electron chi connectivity index (χ0n) is 7.89. The van der Waals surface area contributed by atoms with Crippen LogP contribution in [0.3, 0.4) is 0 Å². The Hall–Kier alpha value is -0.710. The van der Waals surface area contributed by atoms with Crippen LogP contribution >= 0.6 is 0 Å². The summed E-state index contributed by atoms with van der Waals surface area (Å²) in [6, 6.07) is 0. The van der Waals surface area contributed by atoms with Gasteiger partial charge in [0, 0.05) is 0 Å². The zero-order valence-corrected chi connectivity index (χ0v) is 7.89. The van der Waals surface area contributed by atoms with Crippen LogP contribution in [0.25, 0.3) is 0 Å². The average Bonchev–Trinajstić information content (AvgIpc) is 1.98. The van der Waals surface area contributed by atoms with Crippen LogP contribution in [0.5, 0.6) is 0 Å². The highest BCUT2D eigenvalue weighted by molar-refractivity contribution is 5.81. The van der Waals surface area contributed by atoms with E-state index in [-0.39, 0.29) is 23.4 Å². The SMILES string of the molecule is COC(=O)C12CC(COC(F)F)(C1)C2. The van der Waals surface area contributed by atoms with Gasteiger partial charge in [-0.2, -0.15) is 8.78 Å². The van der Waals surface area contributed by atoms with Gasteiger partial charge in [0.25, 0.3) is 0 Å². The van der Waals surface area contributed by atoms with Gasteiger partial charge in [-0.25, -0.2) is 0 Å². The molecule has 5 heteroatoms. The maximum atomic E-state index is 11.7. The van der Waals surface area contributed by atoms with Crippen molar-refractivity contribution in [2.45, 2.75) is 25.9 Å². The van der Waals surface area contributed by atoms with E-state index in [1.165, 1.54) is 7.11 Å². The van der Waals surface area contributed by atoms with E-state index in [0.717, 1.165) is 0 Å². The van der Waals surface area contributed by atoms with Crippen molar-refractivity contribution >= 4 is 5.97 Å². The molecule has 0 N–H and O–H groups in total. The summed E-state index contributed by atoms with van der Waals surface area (Å²) in [6.45, 7) is -2.65. The van der Waals surface area contributed by atoms with Crippen LogP contribution < -0.4 is 0 Å². The maximum Gasteiger partial charge on any atom is 0.345 e. The molecule has 3 aliphatic carbocycles. The summed E-state index contributed by atoms with van der Waals surface area (Å²) in [5.41, 5.74) is -0.523. The second-order valence-corrected chi connectivity index (χ2v) is 4.37. The highest BCUT2D eigenvalue weighted by atomic mass is 19.3. The topological polar surface area (TPSA) is 35.5 Å². The third kappa shape index (κ3) is 1.22. The second-order valence-electron chi connectivity index (χ2n) is 4.37. The predicted molar refractivity (Wildman–Crippen MR) is 42.7 cm³/mol. The van der Waals surface area contributed by atoms with E-state index in [0.29, 0.717) is 19.3 Å². The summed E-state index contributed by atoms with van der Waals surface area (Å²) >= 11 is 0. The van der Waals surface area contributed by atoms with Crippen LogP contribution in [0.15, 0.2) is 0 Å². The Balaban J connectivity index is 1.80. The molecule has 0 aromatic rings. The Kier molecular flexibility index (Phi) is 2.03. The monoisotopic (exact) mass is 206 g/mol. The van der Waals surface area contributed by atoms with E-state index in [9.17, 15) is 13.6 Å². The molecule has 14 heavy (non-hydrogen) atoms. The smallest absolute Gasteiger partial charge is 0.345 e. The molecule has 0 radical (unpaired) electrons. The van der Waals surface area contributed by atoms with Gasteiger partial charge >= 0.3 is 12.6 Å². The second kappa shape index (κ2) is 2.89. The third-order valence-electron chi connectivity index (χ3n) is 3.27. The van der Waals surface area contributed by atoms with E-state index in [1.54, 1.807) is 0 Å². The Morgan fingerprint density at radius 1 is 1.43 bits per heavy atom. The summed E-state index contributed by atoms with van der Waals surface area (Å²) in [5.74, 6) is -0.212. The minimum Gasteiger partial charge on any atom is -0.469 e. The van der Waals surface area contributed by atoms with E-state index >= 15 is 0 Å². The Bertz CT molecular complexity index is 245. The van der Waals surface area contributed by atoms with Crippen molar-refractivity contribution in [3.05, 3.63) is 0 Å². The number of carbonyl (C=O) groups is 1. The van der Waals surface area contributed by atoms with Crippen molar-refractivity contribution < 1.29 is 23.0 Å². The quantitative estimate of drug-likeness (QED) is 0.655. The number of hydrogen-bond acceptors (Lipinski definition) is 3. The summed E-state index contributed by atoms with van der Waals surface area (Å²) in [4.78, 5) is 11.2. The van der Waals surface area contributed by atoms with Gasteiger partial charge in [-0.3, -0.25) is 4.79 Å². The molecule has 3 fully saturated rings. The molecule has 0 aliphatic heterocycles. The molecule has 0 aromatic carbocycles. The van der Waals surface area contributed by atoms with Crippen LogP contribution in [-0.4, -0.2) is 26.3 Å². The number of hydrogen-bond donors (Lipinski definition) is 0. The molecule has 0 aromatic heterocycles. The molecule has 0 heterocycles. The van der Waals surface area contributed by atoms with Crippen molar-refractivity contribution in [3.8, 4) is 0 Å². The van der Waals surface area contributed by atoms with Crippen LogP contribution in [0, 0.1) is 10.8 Å². The lowest BCUT2D eigenvalue weighted by molar-refractivity contribution is -0.263. The standard InChI is InChI=1S/C9H12F2O3/c1-13-6(12)9-2-8(3-9,4-9)5-14-7(10)11/h7H,2-5H2,1H3. The average molecular weight is 206 g/mol. The first kappa shape index (κ1) is 9.83. The molecule has 0 saturated heterocycles. The van der Waals surface area contributed by atoms with Gasteiger partial charge in [-0.1, -0.05) is 0 Å². The zero-order chi connectivity index (χ0) is 10.4. The van der Waals surface area contributed by atoms with Crippen LogP contribution in [0.2, 0.25) is 0 Å². The van der Waals surface area contributed by atoms with Crippen molar-refractivity contribution in [1.29, 1.82) is 0 Å². The molecule has 80 valence electrons. The molecular weight excluding hydrogens is 194 g/mol. The summed E-state index contributed by atoms with van der Waals surface area (Å²) in [5, 5.41) is 0. The fourth-order valence-electron chi connectivity index (χ4n) is 2.82. The highest BCUT2D eigenvalue weighted by Gasteiger charge is 2.72. The first-order chi connectivity index (χ1) is 6.52. The van der Waals surface area contributed by atoms with Gasteiger partial charge in [0.15, 0.2) is 0 Å². The molecule has 3 nitrogen and oxygen atoms in total. The first-order valence-corrected chi connectivity index (χ1v) is 4.50. The number of carbonyl (C=O) groups excluding carboxylic acids is 1. The fraction of sp³-hybridized carbons (Fsp3) is 0.889. The highest BCUT2D eigenvalue weighted by Crippen LogP contribution is 2.73. The van der Waals surface area contributed by atoms with Crippen molar-refractivity contribution in [2.75, 3.05) is 13.7 Å². The molecule has 0 atom stereocenters. The molecule has 3 rings (SSSR count). The number of ether oxygens (including phenoxy) is 2. The van der Waals surface area contributed by atoms with Crippen LogP contribution in [-0.2, 0) is 14.3 Å². The molecule has 0 amide bonds. The Labute approximate surface area is 80.4 Å². The fourth-order valence-corrected chi connectivity index (χ4v) is 2.82. The number of halogens is 2. The van der Waals surface area contributed by atoms with Crippen LogP contribution in [0.4, 0.5) is 8.78 Å². The van der Waals surface area contributed by atoms with Crippen molar-refractivity contribution in [2.24, 2.45) is 10.8 Å². The van der Waals surface area contributed by atoms with E-state index < -0.39 is 6.61 Å². The third-order valence-corrected chi connectivity index (χ3v) is 3.27. The van der Waals surface area contributed by atoms with Gasteiger partial charge in [-0.15, -0.1) is 0 Å². The lowest BCUT2D eigenvalue weighted by Crippen LogP contribution is -2.67. The van der Waals surface area contributed by atoms with Gasteiger partial charge in [-0.05, 0) is 24.7 Å². The van der Waals surface area contributed by atoms with E-state index in [1.807, 2.05) is 0 Å². The Morgan fingerprint density at radius 3 is 2.43 bits per heavy atom. The molecular formula is C9H12F2O3. The summed E-state index contributed by atoms with van der Waals surface area (Å²) in [6.07, 6.45) is 1.91. The first-order valence-electron chi connectivity index (χ1n) is 4.50. The predicted octanol–water partition coefficient (Wildman–Crippen LogP) is 1.57. The van der Waals surface area contributed by atoms with Crippen molar-refractivity contribution in [1.82, 2.24) is 0 Å². The number of methoxy groups -OCH3 is 1.